The normalized spacial score (nSPS) is 17.9. The van der Waals surface area contributed by atoms with Gasteiger partial charge in [0.15, 0.2) is 6.61 Å². The largest absolute Gasteiger partial charge is 0.487 e. The predicted octanol–water partition coefficient (Wildman–Crippen LogP) is 3.79. The van der Waals surface area contributed by atoms with Crippen molar-refractivity contribution in [2.45, 2.75) is 50.7 Å². The number of aromatic nitrogens is 8. The van der Waals surface area contributed by atoms with E-state index in [9.17, 15) is 13.2 Å². The van der Waals surface area contributed by atoms with Crippen LogP contribution in [-0.2, 0) is 6.54 Å². The summed E-state index contributed by atoms with van der Waals surface area (Å²) in [6, 6.07) is 5.29. The van der Waals surface area contributed by atoms with Gasteiger partial charge in [-0.25, -0.2) is 14.6 Å². The lowest BCUT2D eigenvalue weighted by molar-refractivity contribution is -0.154. The van der Waals surface area contributed by atoms with E-state index in [0.717, 1.165) is 5.56 Å². The highest BCUT2D eigenvalue weighted by Crippen LogP contribution is 2.35. The van der Waals surface area contributed by atoms with Crippen molar-refractivity contribution in [2.24, 2.45) is 5.73 Å². The summed E-state index contributed by atoms with van der Waals surface area (Å²) in [5.74, 6) is 0.420. The second kappa shape index (κ2) is 11.0. The SMILES string of the molecule is CC(Cn1cnnn1)Oc1cc(-c2cnc(Nc3cn([C@H]4C[C@H](N)C4)nc3OCC(F)(F)F)nc2)ccc1Cl. The van der Waals surface area contributed by atoms with Crippen LogP contribution in [0.15, 0.2) is 43.1 Å². The molecule has 0 radical (unpaired) electrons. The van der Waals surface area contributed by atoms with E-state index in [4.69, 9.17) is 26.8 Å². The van der Waals surface area contributed by atoms with Crippen LogP contribution in [0.3, 0.4) is 0 Å². The first kappa shape index (κ1) is 26.6. The topological polar surface area (TPSA) is 144 Å². The van der Waals surface area contributed by atoms with Gasteiger partial charge in [-0.1, -0.05) is 17.7 Å². The second-order valence-electron chi connectivity index (χ2n) is 9.14. The van der Waals surface area contributed by atoms with Crippen LogP contribution in [0.25, 0.3) is 11.1 Å². The summed E-state index contributed by atoms with van der Waals surface area (Å²) in [7, 11) is 0. The molecule has 1 aromatic carbocycles. The molecule has 39 heavy (non-hydrogen) atoms. The molecular formula is C23H24ClF3N10O2. The minimum atomic E-state index is -4.51. The van der Waals surface area contributed by atoms with Crippen LogP contribution in [0, 0.1) is 0 Å². The Morgan fingerprint density at radius 2 is 1.97 bits per heavy atom. The molecule has 206 valence electrons. The molecule has 16 heteroatoms. The van der Waals surface area contributed by atoms with Crippen molar-refractivity contribution in [2.75, 3.05) is 11.9 Å². The average Bonchev–Trinajstić information content (AvgIpc) is 3.52. The second-order valence-corrected chi connectivity index (χ2v) is 9.55. The highest BCUT2D eigenvalue weighted by molar-refractivity contribution is 6.32. The van der Waals surface area contributed by atoms with Crippen molar-refractivity contribution in [1.29, 1.82) is 0 Å². The molecule has 0 amide bonds. The zero-order chi connectivity index (χ0) is 27.6. The molecule has 1 atom stereocenters. The molecule has 0 spiro atoms. The van der Waals surface area contributed by atoms with Gasteiger partial charge in [0.2, 0.25) is 5.95 Å². The molecule has 3 aromatic heterocycles. The first-order chi connectivity index (χ1) is 18.6. The highest BCUT2D eigenvalue weighted by atomic mass is 35.5. The number of halogens is 4. The van der Waals surface area contributed by atoms with Crippen LogP contribution < -0.4 is 20.5 Å². The van der Waals surface area contributed by atoms with E-state index in [1.165, 1.54) is 6.33 Å². The molecule has 1 aliphatic rings. The summed E-state index contributed by atoms with van der Waals surface area (Å²) in [6.45, 7) is 0.816. The number of nitrogens with two attached hydrogens (primary N) is 1. The Hall–Kier alpha value is -3.98. The van der Waals surface area contributed by atoms with E-state index < -0.39 is 12.8 Å². The van der Waals surface area contributed by atoms with Crippen molar-refractivity contribution < 1.29 is 22.6 Å². The van der Waals surface area contributed by atoms with Crippen LogP contribution in [0.5, 0.6) is 11.6 Å². The molecule has 12 nitrogen and oxygen atoms in total. The number of tetrazole rings is 1. The number of hydrogen-bond donors (Lipinski definition) is 2. The minimum absolute atomic E-state index is 0.0102. The molecule has 3 heterocycles. The number of benzene rings is 1. The molecule has 3 N–H and O–H groups in total. The van der Waals surface area contributed by atoms with E-state index in [1.807, 2.05) is 6.92 Å². The summed E-state index contributed by atoms with van der Waals surface area (Å²) in [6.07, 6.45) is 2.77. The van der Waals surface area contributed by atoms with Crippen molar-refractivity contribution >= 4 is 23.2 Å². The van der Waals surface area contributed by atoms with E-state index in [1.54, 1.807) is 46.2 Å². The maximum Gasteiger partial charge on any atom is 0.422 e. The lowest BCUT2D eigenvalue weighted by Crippen LogP contribution is -2.37. The number of anilines is 2. The molecule has 1 saturated carbocycles. The summed E-state index contributed by atoms with van der Waals surface area (Å²) < 4.78 is 52.3. The Bertz CT molecular complexity index is 1390. The van der Waals surface area contributed by atoms with Crippen LogP contribution >= 0.6 is 11.6 Å². The monoisotopic (exact) mass is 564 g/mol. The summed E-state index contributed by atoms with van der Waals surface area (Å²) >= 11 is 6.33. The summed E-state index contributed by atoms with van der Waals surface area (Å²) in [5.41, 5.74) is 7.47. The Morgan fingerprint density at radius 1 is 1.21 bits per heavy atom. The molecule has 4 aromatic rings. The summed E-state index contributed by atoms with van der Waals surface area (Å²) in [5, 5.41) is 18.5. The smallest absolute Gasteiger partial charge is 0.422 e. The van der Waals surface area contributed by atoms with Gasteiger partial charge in [0, 0.05) is 24.0 Å². The Kier molecular flexibility index (Phi) is 7.52. The van der Waals surface area contributed by atoms with E-state index >= 15 is 0 Å². The van der Waals surface area contributed by atoms with Crippen LogP contribution in [0.2, 0.25) is 5.02 Å². The first-order valence-corrected chi connectivity index (χ1v) is 12.3. The number of alkyl halides is 3. The van der Waals surface area contributed by atoms with E-state index in [-0.39, 0.29) is 35.7 Å². The Morgan fingerprint density at radius 3 is 2.64 bits per heavy atom. The summed E-state index contributed by atoms with van der Waals surface area (Å²) in [4.78, 5) is 8.61. The molecular weight excluding hydrogens is 541 g/mol. The van der Waals surface area contributed by atoms with Crippen molar-refractivity contribution in [3.8, 4) is 22.8 Å². The van der Waals surface area contributed by atoms with Crippen LogP contribution in [0.4, 0.5) is 24.8 Å². The van der Waals surface area contributed by atoms with Gasteiger partial charge in [-0.05, 0) is 47.9 Å². The van der Waals surface area contributed by atoms with Crippen molar-refractivity contribution in [3.05, 3.63) is 48.1 Å². The van der Waals surface area contributed by atoms with Gasteiger partial charge in [-0.2, -0.15) is 13.2 Å². The maximum atomic E-state index is 12.8. The molecule has 0 bridgehead atoms. The zero-order valence-corrected chi connectivity index (χ0v) is 21.3. The average molecular weight is 565 g/mol. The molecule has 0 saturated heterocycles. The number of hydrogen-bond acceptors (Lipinski definition) is 10. The standard InChI is InChI=1S/C23H24ClF3N10O2/c1-13(9-36-12-31-34-35-36)39-20-4-14(2-3-18(20)24)15-7-29-22(30-8-15)32-19-10-37(17-5-16(28)6-17)33-21(19)38-11-23(25,26)27/h2-4,7-8,10,12-13,16-17H,5-6,9,11,28H2,1H3,(H,29,30,32)/t13?,16-,17-. The Balaban J connectivity index is 1.29. The van der Waals surface area contributed by atoms with Gasteiger partial charge in [-0.15, -0.1) is 10.2 Å². The fraction of sp³-hybridized carbons (Fsp3) is 0.391. The fourth-order valence-electron chi connectivity index (χ4n) is 3.97. The fourth-order valence-corrected chi connectivity index (χ4v) is 4.13. The lowest BCUT2D eigenvalue weighted by atomic mass is 9.88. The highest BCUT2D eigenvalue weighted by Gasteiger charge is 2.32. The van der Waals surface area contributed by atoms with Crippen molar-refractivity contribution in [1.82, 2.24) is 40.0 Å². The molecule has 1 unspecified atom stereocenters. The van der Waals surface area contributed by atoms with Crippen LogP contribution in [-0.4, -0.2) is 64.9 Å². The van der Waals surface area contributed by atoms with E-state index in [2.05, 4.69) is 35.9 Å². The minimum Gasteiger partial charge on any atom is -0.487 e. The molecule has 1 fully saturated rings. The van der Waals surface area contributed by atoms with Gasteiger partial charge in [0.25, 0.3) is 5.88 Å². The van der Waals surface area contributed by atoms with Gasteiger partial charge in [0.1, 0.15) is 23.9 Å². The lowest BCUT2D eigenvalue weighted by Gasteiger charge is -2.32. The number of ether oxygens (including phenoxy) is 2. The Labute approximate surface area is 225 Å². The molecule has 5 rings (SSSR count). The predicted molar refractivity (Wildman–Crippen MR) is 134 cm³/mol. The maximum absolute atomic E-state index is 12.8. The van der Waals surface area contributed by atoms with Crippen LogP contribution in [0.1, 0.15) is 25.8 Å². The van der Waals surface area contributed by atoms with Gasteiger partial charge in [0.05, 0.1) is 23.8 Å². The number of nitrogens with zero attached hydrogens (tertiary/aromatic N) is 8. The zero-order valence-electron chi connectivity index (χ0n) is 20.6. The van der Waals surface area contributed by atoms with E-state index in [0.29, 0.717) is 35.7 Å². The third-order valence-electron chi connectivity index (χ3n) is 5.92. The van der Waals surface area contributed by atoms with Gasteiger partial charge < -0.3 is 20.5 Å². The molecule has 0 aliphatic heterocycles. The third-order valence-corrected chi connectivity index (χ3v) is 6.23. The molecule has 1 aliphatic carbocycles. The van der Waals surface area contributed by atoms with Gasteiger partial charge in [-0.3, -0.25) is 4.68 Å². The number of nitrogens with one attached hydrogen (secondary N) is 1. The van der Waals surface area contributed by atoms with Gasteiger partial charge >= 0.3 is 6.18 Å². The first-order valence-electron chi connectivity index (χ1n) is 11.9. The van der Waals surface area contributed by atoms with Crippen molar-refractivity contribution in [3.63, 3.8) is 0 Å². The quantitative estimate of drug-likeness (QED) is 0.292. The number of rotatable bonds is 10. The third kappa shape index (κ3) is 6.72.